The van der Waals surface area contributed by atoms with E-state index in [-0.39, 0.29) is 23.7 Å². The van der Waals surface area contributed by atoms with Gasteiger partial charge in [-0.1, -0.05) is 6.92 Å². The molecule has 0 aliphatic rings. The van der Waals surface area contributed by atoms with Crippen LogP contribution in [0.3, 0.4) is 0 Å². The Bertz CT molecular complexity index is 475. The van der Waals surface area contributed by atoms with E-state index < -0.39 is 9.84 Å². The van der Waals surface area contributed by atoms with Gasteiger partial charge >= 0.3 is 0 Å². The van der Waals surface area contributed by atoms with Gasteiger partial charge in [0, 0.05) is 12.3 Å². The number of nitrogens with one attached hydrogen (secondary N) is 1. The zero-order valence-corrected chi connectivity index (χ0v) is 9.66. The maximum Gasteiger partial charge on any atom is 0.158 e. The highest BCUT2D eigenvalue weighted by atomic mass is 32.2. The Morgan fingerprint density at radius 3 is 2.69 bits per heavy atom. The first-order valence-electron chi connectivity index (χ1n) is 4.74. The molecular weight excluding hydrogens is 228 g/mol. The van der Waals surface area contributed by atoms with Crippen molar-refractivity contribution < 1.29 is 8.42 Å². The third-order valence-corrected chi connectivity index (χ3v) is 3.63. The molecule has 0 bridgehead atoms. The Morgan fingerprint density at radius 2 is 2.19 bits per heavy atom. The van der Waals surface area contributed by atoms with Crippen LogP contribution in [-0.4, -0.2) is 36.4 Å². The van der Waals surface area contributed by atoms with Crippen LogP contribution in [0.2, 0.25) is 0 Å². The molecular formula is C9H12N4O2S. The number of anilines is 1. The molecule has 16 heavy (non-hydrogen) atoms. The molecule has 1 aromatic rings. The highest BCUT2D eigenvalue weighted by Gasteiger charge is 2.06. The first-order valence-corrected chi connectivity index (χ1v) is 6.56. The van der Waals surface area contributed by atoms with Crippen molar-refractivity contribution in [2.45, 2.75) is 6.92 Å². The summed E-state index contributed by atoms with van der Waals surface area (Å²) in [4.78, 5) is 7.70. The number of hydrogen-bond donors (Lipinski definition) is 1. The van der Waals surface area contributed by atoms with E-state index in [1.807, 2.05) is 6.07 Å². The molecule has 0 amide bonds. The van der Waals surface area contributed by atoms with Crippen LogP contribution in [0, 0.1) is 11.3 Å². The number of rotatable bonds is 5. The van der Waals surface area contributed by atoms with Gasteiger partial charge < -0.3 is 5.32 Å². The largest absolute Gasteiger partial charge is 0.368 e. The van der Waals surface area contributed by atoms with Crippen molar-refractivity contribution in [3.05, 3.63) is 18.1 Å². The fourth-order valence-electron chi connectivity index (χ4n) is 0.956. The van der Waals surface area contributed by atoms with Crippen molar-refractivity contribution in [1.82, 2.24) is 9.97 Å². The molecule has 0 spiro atoms. The van der Waals surface area contributed by atoms with Crippen molar-refractivity contribution in [2.75, 3.05) is 23.4 Å². The van der Waals surface area contributed by atoms with Gasteiger partial charge in [0.25, 0.3) is 0 Å². The van der Waals surface area contributed by atoms with E-state index in [1.54, 1.807) is 6.92 Å². The van der Waals surface area contributed by atoms with Crippen LogP contribution in [0.1, 0.15) is 12.6 Å². The van der Waals surface area contributed by atoms with Gasteiger partial charge in [-0.15, -0.1) is 0 Å². The van der Waals surface area contributed by atoms with E-state index in [0.29, 0.717) is 5.82 Å². The van der Waals surface area contributed by atoms with Crippen LogP contribution in [-0.2, 0) is 9.84 Å². The van der Waals surface area contributed by atoms with Crippen LogP contribution in [0.25, 0.3) is 0 Å². The fraction of sp³-hybridized carbons (Fsp3) is 0.444. The van der Waals surface area contributed by atoms with Crippen molar-refractivity contribution >= 4 is 15.7 Å². The smallest absolute Gasteiger partial charge is 0.158 e. The Morgan fingerprint density at radius 1 is 1.44 bits per heavy atom. The van der Waals surface area contributed by atoms with E-state index in [0.717, 1.165) is 0 Å². The Kier molecular flexibility index (Phi) is 4.19. The molecule has 0 aliphatic heterocycles. The predicted molar refractivity (Wildman–Crippen MR) is 59.6 cm³/mol. The molecule has 0 radical (unpaired) electrons. The molecule has 0 atom stereocenters. The minimum absolute atomic E-state index is 0.0607. The van der Waals surface area contributed by atoms with Gasteiger partial charge in [0.05, 0.1) is 18.1 Å². The van der Waals surface area contributed by atoms with E-state index in [1.165, 1.54) is 12.4 Å². The summed E-state index contributed by atoms with van der Waals surface area (Å²) in [6, 6.07) is 1.85. The standard InChI is InChI=1S/C9H12N4O2S/c1-2-16(14,15)4-3-11-9-7-12-8(5-10)6-13-9/h6-7H,2-4H2,1H3,(H,11,13). The quantitative estimate of drug-likeness (QED) is 0.789. The second-order valence-electron chi connectivity index (χ2n) is 3.06. The predicted octanol–water partition coefficient (Wildman–Crippen LogP) is 0.195. The third-order valence-electron chi connectivity index (χ3n) is 1.93. The van der Waals surface area contributed by atoms with E-state index >= 15 is 0 Å². The van der Waals surface area contributed by atoms with Crippen LogP contribution in [0.4, 0.5) is 5.82 Å². The van der Waals surface area contributed by atoms with Crippen LogP contribution in [0.15, 0.2) is 12.4 Å². The maximum absolute atomic E-state index is 11.2. The van der Waals surface area contributed by atoms with Gasteiger partial charge in [-0.25, -0.2) is 18.4 Å². The van der Waals surface area contributed by atoms with Crippen LogP contribution >= 0.6 is 0 Å². The van der Waals surface area contributed by atoms with Crippen LogP contribution < -0.4 is 5.32 Å². The van der Waals surface area contributed by atoms with Crippen molar-refractivity contribution in [2.24, 2.45) is 0 Å². The summed E-state index contributed by atoms with van der Waals surface area (Å²) in [7, 11) is -2.97. The lowest BCUT2D eigenvalue weighted by molar-refractivity contribution is 0.597. The molecule has 1 aromatic heterocycles. The third kappa shape index (κ3) is 3.82. The van der Waals surface area contributed by atoms with E-state index in [9.17, 15) is 8.42 Å². The van der Waals surface area contributed by atoms with Crippen molar-refractivity contribution in [3.8, 4) is 6.07 Å². The first kappa shape index (κ1) is 12.4. The van der Waals surface area contributed by atoms with Crippen LogP contribution in [0.5, 0.6) is 0 Å². The summed E-state index contributed by atoms with van der Waals surface area (Å²) >= 11 is 0. The molecule has 0 aromatic carbocycles. The average Bonchev–Trinajstić information content (AvgIpc) is 2.30. The molecule has 0 saturated heterocycles. The lowest BCUT2D eigenvalue weighted by Gasteiger charge is -2.04. The number of nitriles is 1. The topological polar surface area (TPSA) is 95.7 Å². The van der Waals surface area contributed by atoms with Gasteiger partial charge in [0.15, 0.2) is 15.5 Å². The monoisotopic (exact) mass is 240 g/mol. The minimum atomic E-state index is -2.97. The second kappa shape index (κ2) is 5.42. The molecule has 0 unspecified atom stereocenters. The minimum Gasteiger partial charge on any atom is -0.368 e. The SMILES string of the molecule is CCS(=O)(=O)CCNc1cnc(C#N)cn1. The lowest BCUT2D eigenvalue weighted by Crippen LogP contribution is -2.17. The molecule has 86 valence electrons. The van der Waals surface area contributed by atoms with Gasteiger partial charge in [0.2, 0.25) is 0 Å². The highest BCUT2D eigenvalue weighted by molar-refractivity contribution is 7.91. The molecule has 1 heterocycles. The number of aromatic nitrogens is 2. The maximum atomic E-state index is 11.2. The number of nitrogens with zero attached hydrogens (tertiary/aromatic N) is 3. The van der Waals surface area contributed by atoms with E-state index in [4.69, 9.17) is 5.26 Å². The Balaban J connectivity index is 2.47. The summed E-state index contributed by atoms with van der Waals surface area (Å²) in [5.74, 6) is 0.657. The summed E-state index contributed by atoms with van der Waals surface area (Å²) in [6.45, 7) is 1.90. The second-order valence-corrected chi connectivity index (χ2v) is 5.53. The van der Waals surface area contributed by atoms with Crippen molar-refractivity contribution in [1.29, 1.82) is 5.26 Å². The van der Waals surface area contributed by atoms with Crippen molar-refractivity contribution in [3.63, 3.8) is 0 Å². The van der Waals surface area contributed by atoms with E-state index in [2.05, 4.69) is 15.3 Å². The summed E-state index contributed by atoms with van der Waals surface area (Å²) in [5, 5.41) is 11.3. The van der Waals surface area contributed by atoms with Gasteiger partial charge in [0.1, 0.15) is 11.9 Å². The van der Waals surface area contributed by atoms with Gasteiger partial charge in [-0.3, -0.25) is 0 Å². The van der Waals surface area contributed by atoms with Gasteiger partial charge in [-0.05, 0) is 0 Å². The summed E-state index contributed by atoms with van der Waals surface area (Å²) in [5.41, 5.74) is 0.228. The zero-order valence-electron chi connectivity index (χ0n) is 8.84. The molecule has 1 N–H and O–H groups in total. The number of hydrogen-bond acceptors (Lipinski definition) is 6. The normalized spacial score (nSPS) is 10.8. The molecule has 1 rings (SSSR count). The molecule has 0 aliphatic carbocycles. The number of sulfone groups is 1. The Labute approximate surface area is 94.3 Å². The molecule has 0 saturated carbocycles. The summed E-state index contributed by atoms with van der Waals surface area (Å²) < 4.78 is 22.3. The fourth-order valence-corrected chi connectivity index (χ4v) is 1.66. The molecule has 7 heteroatoms. The van der Waals surface area contributed by atoms with Gasteiger partial charge in [-0.2, -0.15) is 5.26 Å². The molecule has 0 fully saturated rings. The first-order chi connectivity index (χ1) is 7.57. The lowest BCUT2D eigenvalue weighted by atomic mass is 10.5. The zero-order chi connectivity index (χ0) is 12.0. The average molecular weight is 240 g/mol. The highest BCUT2D eigenvalue weighted by Crippen LogP contribution is 2.00. The summed E-state index contributed by atoms with van der Waals surface area (Å²) in [6.07, 6.45) is 2.73. The molecule has 6 nitrogen and oxygen atoms in total. The Hall–Kier alpha value is -1.68.